The fourth-order valence-electron chi connectivity index (χ4n) is 10.9. The fourth-order valence-corrected chi connectivity index (χ4v) is 10.9. The number of fused-ring (bicyclic) bond motifs is 9. The van der Waals surface area contributed by atoms with E-state index in [0.717, 1.165) is 50.1 Å². The summed E-state index contributed by atoms with van der Waals surface area (Å²) in [6.45, 7) is 9.45. The third-order valence-electron chi connectivity index (χ3n) is 13.9. The van der Waals surface area contributed by atoms with Crippen LogP contribution in [0.5, 0.6) is 0 Å². The van der Waals surface area contributed by atoms with Crippen LogP contribution in [0.4, 0.5) is 17.1 Å². The van der Waals surface area contributed by atoms with Crippen LogP contribution in [0, 0.1) is 0 Å². The van der Waals surface area contributed by atoms with Crippen LogP contribution in [0.25, 0.3) is 77.6 Å². The van der Waals surface area contributed by atoms with Crippen LogP contribution >= 0.6 is 0 Å². The van der Waals surface area contributed by atoms with Crippen LogP contribution in [0.3, 0.4) is 0 Å². The van der Waals surface area contributed by atoms with Crippen LogP contribution in [0.1, 0.15) is 49.9 Å². The second kappa shape index (κ2) is 13.5. The maximum absolute atomic E-state index is 6.30. The molecule has 12 rings (SSSR count). The molecular weight excluding hydrogens is 751 g/mol. The molecule has 0 radical (unpaired) electrons. The number of rotatable bonds is 6. The highest BCUT2D eigenvalue weighted by molar-refractivity contribution is 6.06. The lowest BCUT2D eigenvalue weighted by atomic mass is 9.79. The molecule has 2 aliphatic carbocycles. The normalized spacial score (nSPS) is 14.1. The molecule has 0 bridgehead atoms. The molecule has 2 nitrogen and oxygen atoms in total. The van der Waals surface area contributed by atoms with E-state index in [9.17, 15) is 0 Å². The second-order valence-corrected chi connectivity index (χ2v) is 18.1. The van der Waals surface area contributed by atoms with E-state index in [1.54, 1.807) is 0 Å². The van der Waals surface area contributed by atoms with Gasteiger partial charge in [-0.3, -0.25) is 0 Å². The molecule has 10 aromatic rings. The zero-order valence-corrected chi connectivity index (χ0v) is 35.4. The van der Waals surface area contributed by atoms with Gasteiger partial charge in [-0.05, 0) is 121 Å². The van der Waals surface area contributed by atoms with Crippen molar-refractivity contribution in [2.24, 2.45) is 0 Å². The minimum Gasteiger partial charge on any atom is -0.456 e. The van der Waals surface area contributed by atoms with Gasteiger partial charge in [0.25, 0.3) is 0 Å². The average Bonchev–Trinajstić information content (AvgIpc) is 3.89. The molecule has 2 heteroatoms. The number of nitrogens with zero attached hydrogens (tertiary/aromatic N) is 1. The Morgan fingerprint density at radius 1 is 0.355 bits per heavy atom. The maximum atomic E-state index is 6.30. The lowest BCUT2D eigenvalue weighted by molar-refractivity contribution is 0.660. The number of para-hydroxylation sites is 2. The number of hydrogen-bond donors (Lipinski definition) is 0. The molecule has 0 atom stereocenters. The van der Waals surface area contributed by atoms with Crippen molar-refractivity contribution in [1.82, 2.24) is 0 Å². The Labute approximate surface area is 363 Å². The van der Waals surface area contributed by atoms with Crippen LogP contribution < -0.4 is 4.90 Å². The first-order valence-electron chi connectivity index (χ1n) is 21.8. The molecule has 0 saturated carbocycles. The maximum Gasteiger partial charge on any atom is 0.136 e. The van der Waals surface area contributed by atoms with Crippen molar-refractivity contribution in [2.75, 3.05) is 4.90 Å². The van der Waals surface area contributed by atoms with Crippen molar-refractivity contribution < 1.29 is 4.42 Å². The summed E-state index contributed by atoms with van der Waals surface area (Å²) in [5.41, 5.74) is 23.0. The van der Waals surface area contributed by atoms with E-state index in [4.69, 9.17) is 4.42 Å². The molecule has 1 aromatic heterocycles. The third kappa shape index (κ3) is 5.36. The van der Waals surface area contributed by atoms with Gasteiger partial charge in [0.05, 0.1) is 5.69 Å². The van der Waals surface area contributed by atoms with Gasteiger partial charge in [-0.25, -0.2) is 0 Å². The number of anilines is 3. The van der Waals surface area contributed by atoms with Crippen LogP contribution in [-0.4, -0.2) is 0 Å². The van der Waals surface area contributed by atoms with E-state index in [-0.39, 0.29) is 10.8 Å². The molecule has 0 amide bonds. The second-order valence-electron chi connectivity index (χ2n) is 18.1. The largest absolute Gasteiger partial charge is 0.456 e. The van der Waals surface area contributed by atoms with Crippen LogP contribution in [-0.2, 0) is 10.8 Å². The molecule has 0 N–H and O–H groups in total. The van der Waals surface area contributed by atoms with Gasteiger partial charge in [0.2, 0.25) is 0 Å². The Kier molecular flexibility index (Phi) is 7.96. The van der Waals surface area contributed by atoms with Crippen molar-refractivity contribution in [3.8, 4) is 55.6 Å². The summed E-state index contributed by atoms with van der Waals surface area (Å²) in [6, 6.07) is 73.5. The molecule has 0 fully saturated rings. The minimum absolute atomic E-state index is 0.0961. The van der Waals surface area contributed by atoms with Gasteiger partial charge in [-0.1, -0.05) is 179 Å². The Morgan fingerprint density at radius 3 is 1.66 bits per heavy atom. The SMILES string of the molecule is CC1(C)c2ccccc2-c2c(-c3ccccc3N(c3ccc(-c4ccc5c(c4)oc4ccccc45)cc3)c3ccc(-c4cccc5c4C(C)(C)c4ccccc4-5)cc3)cccc21. The first-order valence-corrected chi connectivity index (χ1v) is 21.8. The van der Waals surface area contributed by atoms with Crippen molar-refractivity contribution in [1.29, 1.82) is 0 Å². The van der Waals surface area contributed by atoms with E-state index in [2.05, 4.69) is 221 Å². The summed E-state index contributed by atoms with van der Waals surface area (Å²) >= 11 is 0. The zero-order chi connectivity index (χ0) is 41.7. The van der Waals surface area contributed by atoms with E-state index >= 15 is 0 Å². The molecule has 0 spiro atoms. The van der Waals surface area contributed by atoms with Crippen molar-refractivity contribution in [2.45, 2.75) is 38.5 Å². The molecule has 0 unspecified atom stereocenters. The lowest BCUT2D eigenvalue weighted by Gasteiger charge is -2.29. The van der Waals surface area contributed by atoms with Gasteiger partial charge in [0, 0.05) is 38.5 Å². The van der Waals surface area contributed by atoms with Crippen molar-refractivity contribution in [3.63, 3.8) is 0 Å². The van der Waals surface area contributed by atoms with E-state index in [1.807, 2.05) is 12.1 Å². The number of furan rings is 1. The molecule has 1 heterocycles. The number of hydrogen-bond acceptors (Lipinski definition) is 2. The minimum atomic E-state index is -0.105. The van der Waals surface area contributed by atoms with Crippen LogP contribution in [0.2, 0.25) is 0 Å². The quantitative estimate of drug-likeness (QED) is 0.167. The summed E-state index contributed by atoms with van der Waals surface area (Å²) in [7, 11) is 0. The highest BCUT2D eigenvalue weighted by Gasteiger charge is 2.38. The summed E-state index contributed by atoms with van der Waals surface area (Å²) < 4.78 is 6.30. The average molecular weight is 796 g/mol. The van der Waals surface area contributed by atoms with Gasteiger partial charge >= 0.3 is 0 Å². The number of benzene rings is 9. The summed E-state index contributed by atoms with van der Waals surface area (Å²) in [6.07, 6.45) is 0. The summed E-state index contributed by atoms with van der Waals surface area (Å²) in [5.74, 6) is 0. The smallest absolute Gasteiger partial charge is 0.136 e. The molecule has 9 aromatic carbocycles. The van der Waals surface area contributed by atoms with E-state index in [1.165, 1.54) is 66.8 Å². The van der Waals surface area contributed by atoms with Gasteiger partial charge < -0.3 is 9.32 Å². The molecule has 0 aliphatic heterocycles. The lowest BCUT2D eigenvalue weighted by Crippen LogP contribution is -2.16. The van der Waals surface area contributed by atoms with E-state index < -0.39 is 0 Å². The molecule has 2 aliphatic rings. The topological polar surface area (TPSA) is 16.4 Å². The molecule has 62 heavy (non-hydrogen) atoms. The monoisotopic (exact) mass is 795 g/mol. The Bertz CT molecular complexity index is 3400. The summed E-state index contributed by atoms with van der Waals surface area (Å²) in [5, 5.41) is 2.28. The summed E-state index contributed by atoms with van der Waals surface area (Å²) in [4.78, 5) is 2.44. The third-order valence-corrected chi connectivity index (χ3v) is 13.9. The highest BCUT2D eigenvalue weighted by Crippen LogP contribution is 2.55. The molecule has 0 saturated heterocycles. The van der Waals surface area contributed by atoms with E-state index in [0.29, 0.717) is 0 Å². The molecule has 296 valence electrons. The highest BCUT2D eigenvalue weighted by atomic mass is 16.3. The molecular formula is C60H45NO. The fraction of sp³-hybridized carbons (Fsp3) is 0.100. The Balaban J connectivity index is 1.00. The van der Waals surface area contributed by atoms with Crippen molar-refractivity contribution in [3.05, 3.63) is 222 Å². The first-order chi connectivity index (χ1) is 30.3. The first kappa shape index (κ1) is 36.4. The Morgan fingerprint density at radius 2 is 0.887 bits per heavy atom. The zero-order valence-electron chi connectivity index (χ0n) is 35.4. The van der Waals surface area contributed by atoms with Gasteiger partial charge in [-0.2, -0.15) is 0 Å². The predicted molar refractivity (Wildman–Crippen MR) is 260 cm³/mol. The van der Waals surface area contributed by atoms with Crippen LogP contribution in [0.15, 0.2) is 205 Å². The Hall–Kier alpha value is -7.42. The standard InChI is InChI=1S/C60H45NO/c1-59(2)52-23-10-6-18-50(52)57-48(20-14-24-53(57)59)45-16-7-11-25-54(45)61(41-32-27-38(28-33-41)40-31-36-47-46-17-8-12-26-55(46)62-56(47)37-40)42-34-29-39(30-35-42)43-19-13-21-49-44-15-5-9-22-51(44)60(3,4)58(43)49/h5-37H,1-4H3. The van der Waals surface area contributed by atoms with Gasteiger partial charge in [-0.15, -0.1) is 0 Å². The van der Waals surface area contributed by atoms with Gasteiger partial charge in [0.1, 0.15) is 11.2 Å². The van der Waals surface area contributed by atoms with Crippen molar-refractivity contribution >= 4 is 39.0 Å². The van der Waals surface area contributed by atoms with Gasteiger partial charge in [0.15, 0.2) is 0 Å². The predicted octanol–water partition coefficient (Wildman–Crippen LogP) is 16.7.